The zero-order valence-corrected chi connectivity index (χ0v) is 17.2. The van der Waals surface area contributed by atoms with Gasteiger partial charge in [-0.05, 0) is 62.7 Å². The number of benzene rings is 2. The van der Waals surface area contributed by atoms with Gasteiger partial charge >= 0.3 is 0 Å². The van der Waals surface area contributed by atoms with E-state index >= 15 is 0 Å². The van der Waals surface area contributed by atoms with Crippen molar-refractivity contribution < 1.29 is 13.9 Å². The third-order valence-corrected chi connectivity index (χ3v) is 6.45. The van der Waals surface area contributed by atoms with Crippen molar-refractivity contribution in [2.45, 2.75) is 43.8 Å². The maximum absolute atomic E-state index is 13.1. The minimum absolute atomic E-state index is 0.0872. The normalized spacial score (nSPS) is 23.5. The van der Waals surface area contributed by atoms with Crippen molar-refractivity contribution in [2.75, 3.05) is 19.5 Å². The molecule has 7 nitrogen and oxygen atoms in total. The van der Waals surface area contributed by atoms with E-state index in [4.69, 9.17) is 9.15 Å². The maximum atomic E-state index is 13.1. The lowest BCUT2D eigenvalue weighted by molar-refractivity contribution is 0.0922. The molecule has 156 valence electrons. The fourth-order valence-electron chi connectivity index (χ4n) is 4.84. The molecule has 2 aliphatic heterocycles. The zero-order valence-electron chi connectivity index (χ0n) is 17.2. The number of nitrogens with one attached hydrogen (secondary N) is 2. The Kier molecular flexibility index (Phi) is 4.83. The molecule has 0 aliphatic carbocycles. The molecule has 0 spiro atoms. The Morgan fingerprint density at radius 3 is 2.80 bits per heavy atom. The Balaban J connectivity index is 1.36. The molecule has 1 amide bonds. The first-order chi connectivity index (χ1) is 14.6. The Morgan fingerprint density at radius 1 is 1.20 bits per heavy atom. The number of likely N-dealkylation sites (N-methyl/N-ethyl adjacent to an activating group) is 1. The van der Waals surface area contributed by atoms with Gasteiger partial charge in [0.15, 0.2) is 5.58 Å². The van der Waals surface area contributed by atoms with Crippen LogP contribution >= 0.6 is 0 Å². The number of amides is 1. The summed E-state index contributed by atoms with van der Waals surface area (Å²) in [5.41, 5.74) is 2.53. The molecule has 2 bridgehead atoms. The largest absolute Gasteiger partial charge is 0.497 e. The molecule has 5 rings (SSSR count). The predicted molar refractivity (Wildman–Crippen MR) is 115 cm³/mol. The molecule has 0 saturated carbocycles. The van der Waals surface area contributed by atoms with E-state index in [0.29, 0.717) is 34.8 Å². The summed E-state index contributed by atoms with van der Waals surface area (Å²) in [6.45, 7) is 0. The molecule has 2 N–H and O–H groups in total. The summed E-state index contributed by atoms with van der Waals surface area (Å²) in [4.78, 5) is 20.1. The van der Waals surface area contributed by atoms with E-state index in [0.717, 1.165) is 24.3 Å². The second-order valence-electron chi connectivity index (χ2n) is 8.16. The summed E-state index contributed by atoms with van der Waals surface area (Å²) in [7, 11) is 3.81. The number of oxazole rings is 1. The van der Waals surface area contributed by atoms with Crippen molar-refractivity contribution in [3.8, 4) is 5.75 Å². The number of methoxy groups -OCH3 is 1. The molecule has 7 heteroatoms. The van der Waals surface area contributed by atoms with E-state index in [1.54, 1.807) is 7.11 Å². The van der Waals surface area contributed by atoms with Gasteiger partial charge in [0, 0.05) is 23.8 Å². The van der Waals surface area contributed by atoms with Gasteiger partial charge in [-0.2, -0.15) is 4.98 Å². The van der Waals surface area contributed by atoms with Gasteiger partial charge in [0.1, 0.15) is 11.3 Å². The van der Waals surface area contributed by atoms with Crippen molar-refractivity contribution in [2.24, 2.45) is 0 Å². The van der Waals surface area contributed by atoms with Gasteiger partial charge in [-0.15, -0.1) is 0 Å². The topological polar surface area (TPSA) is 79.6 Å². The molecule has 30 heavy (non-hydrogen) atoms. The predicted octanol–water partition coefficient (Wildman–Crippen LogP) is 3.94. The molecule has 2 saturated heterocycles. The number of hydrogen-bond donors (Lipinski definition) is 2. The van der Waals surface area contributed by atoms with Gasteiger partial charge in [-0.3, -0.25) is 9.69 Å². The molecule has 2 aliphatic rings. The fourth-order valence-corrected chi connectivity index (χ4v) is 4.84. The lowest BCUT2D eigenvalue weighted by Gasteiger charge is -2.32. The Hall–Kier alpha value is -3.06. The van der Waals surface area contributed by atoms with Gasteiger partial charge in [0.05, 0.1) is 12.7 Å². The molecule has 0 radical (unpaired) electrons. The lowest BCUT2D eigenvalue weighted by Crippen LogP contribution is -2.45. The second kappa shape index (κ2) is 7.65. The van der Waals surface area contributed by atoms with E-state index in [9.17, 15) is 4.79 Å². The van der Waals surface area contributed by atoms with Crippen molar-refractivity contribution in [3.05, 3.63) is 48.0 Å². The molecule has 3 heterocycles. The van der Waals surface area contributed by atoms with Gasteiger partial charge < -0.3 is 19.8 Å². The van der Waals surface area contributed by atoms with Crippen LogP contribution in [0.15, 0.2) is 46.9 Å². The van der Waals surface area contributed by atoms with Gasteiger partial charge in [-0.1, -0.05) is 12.5 Å². The molecule has 3 aromatic rings. The molecular formula is C23H26N4O3. The van der Waals surface area contributed by atoms with Crippen LogP contribution in [-0.4, -0.2) is 48.1 Å². The quantitative estimate of drug-likeness (QED) is 0.668. The van der Waals surface area contributed by atoms with Crippen LogP contribution in [0.3, 0.4) is 0 Å². The Morgan fingerprint density at radius 2 is 2.03 bits per heavy atom. The smallest absolute Gasteiger partial charge is 0.300 e. The highest BCUT2D eigenvalue weighted by Gasteiger charge is 2.42. The number of hydrogen-bond acceptors (Lipinski definition) is 6. The van der Waals surface area contributed by atoms with Crippen LogP contribution in [0.4, 0.5) is 11.7 Å². The summed E-state index contributed by atoms with van der Waals surface area (Å²) >= 11 is 0. The first kappa shape index (κ1) is 18.9. The number of carbonyl (C=O) groups is 1. The van der Waals surface area contributed by atoms with E-state index in [1.165, 1.54) is 12.8 Å². The van der Waals surface area contributed by atoms with Crippen LogP contribution in [0.1, 0.15) is 36.0 Å². The number of nitrogens with zero attached hydrogens (tertiary/aromatic N) is 2. The van der Waals surface area contributed by atoms with E-state index in [-0.39, 0.29) is 11.9 Å². The first-order valence-electron chi connectivity index (χ1n) is 10.5. The van der Waals surface area contributed by atoms with Crippen LogP contribution in [0.25, 0.3) is 11.1 Å². The minimum Gasteiger partial charge on any atom is -0.497 e. The van der Waals surface area contributed by atoms with Gasteiger partial charge in [0.2, 0.25) is 0 Å². The molecule has 2 aromatic carbocycles. The summed E-state index contributed by atoms with van der Waals surface area (Å²) in [6.07, 6.45) is 4.62. The SMILES string of the molecule is COc1ccc(Nc2nc3c(C(=O)NC4CC5CCCC4N5C)cccc3o2)cc1. The molecule has 3 atom stereocenters. The first-order valence-corrected chi connectivity index (χ1v) is 10.5. The minimum atomic E-state index is -0.0872. The van der Waals surface area contributed by atoms with Crippen molar-refractivity contribution >= 4 is 28.7 Å². The number of ether oxygens (including phenoxy) is 1. The molecular weight excluding hydrogens is 380 g/mol. The van der Waals surface area contributed by atoms with E-state index < -0.39 is 0 Å². The van der Waals surface area contributed by atoms with Gasteiger partial charge in [0.25, 0.3) is 11.9 Å². The molecule has 3 unspecified atom stereocenters. The summed E-state index contributed by atoms with van der Waals surface area (Å²) in [5, 5.41) is 6.41. The lowest BCUT2D eigenvalue weighted by atomic mass is 10.0. The molecule has 2 fully saturated rings. The monoisotopic (exact) mass is 406 g/mol. The highest BCUT2D eigenvalue weighted by atomic mass is 16.5. The van der Waals surface area contributed by atoms with Crippen LogP contribution in [0.5, 0.6) is 5.75 Å². The Bertz CT molecular complexity index is 1060. The second-order valence-corrected chi connectivity index (χ2v) is 8.16. The van der Waals surface area contributed by atoms with Gasteiger partial charge in [-0.25, -0.2) is 0 Å². The third-order valence-electron chi connectivity index (χ3n) is 6.45. The Labute approximate surface area is 175 Å². The summed E-state index contributed by atoms with van der Waals surface area (Å²) < 4.78 is 11.0. The fraction of sp³-hybridized carbons (Fsp3) is 0.391. The standard InChI is InChI=1S/C23H26N4O3/c1-27-15-5-3-7-19(27)18(13-15)25-22(28)17-6-4-8-20-21(17)26-23(30-20)24-14-9-11-16(29-2)12-10-14/h4,6,8-12,15,18-19H,3,5,7,13H2,1-2H3,(H,24,26)(H,25,28). The van der Waals surface area contributed by atoms with E-state index in [1.807, 2.05) is 42.5 Å². The number of anilines is 2. The average Bonchev–Trinajstić information content (AvgIpc) is 3.21. The van der Waals surface area contributed by atoms with Crippen LogP contribution in [-0.2, 0) is 0 Å². The van der Waals surface area contributed by atoms with Crippen molar-refractivity contribution in [1.82, 2.24) is 15.2 Å². The van der Waals surface area contributed by atoms with Crippen LogP contribution in [0.2, 0.25) is 0 Å². The highest BCUT2D eigenvalue weighted by Crippen LogP contribution is 2.34. The number of para-hydroxylation sites is 1. The number of fused-ring (bicyclic) bond motifs is 3. The van der Waals surface area contributed by atoms with Crippen molar-refractivity contribution in [3.63, 3.8) is 0 Å². The zero-order chi connectivity index (χ0) is 20.7. The summed E-state index contributed by atoms with van der Waals surface area (Å²) in [5.74, 6) is 0.690. The summed E-state index contributed by atoms with van der Waals surface area (Å²) in [6, 6.07) is 14.5. The number of carbonyl (C=O) groups excluding carboxylic acids is 1. The third kappa shape index (κ3) is 3.39. The van der Waals surface area contributed by atoms with E-state index in [2.05, 4.69) is 27.6 Å². The van der Waals surface area contributed by atoms with Crippen LogP contribution in [0, 0.1) is 0 Å². The number of rotatable bonds is 5. The number of aromatic nitrogens is 1. The maximum Gasteiger partial charge on any atom is 0.300 e. The average molecular weight is 406 g/mol. The van der Waals surface area contributed by atoms with Crippen LogP contribution < -0.4 is 15.4 Å². The number of piperidine rings is 1. The molecule has 1 aromatic heterocycles. The van der Waals surface area contributed by atoms with Crippen molar-refractivity contribution in [1.29, 1.82) is 0 Å². The highest BCUT2D eigenvalue weighted by molar-refractivity contribution is 6.05.